The molecule has 0 bridgehead atoms. The van der Waals surface area contributed by atoms with Crippen LogP contribution in [0.2, 0.25) is 10.0 Å². The fourth-order valence-electron chi connectivity index (χ4n) is 1.40. The van der Waals surface area contributed by atoms with Crippen LogP contribution in [0.5, 0.6) is 0 Å². The Morgan fingerprint density at radius 2 is 1.84 bits per heavy atom. The molecule has 0 spiro atoms. The largest absolute Gasteiger partial charge is 0.478 e. The Hall–Kier alpha value is -1.56. The monoisotopic (exact) mass is 315 g/mol. The number of nitrogens with one attached hydrogen (secondary N) is 1. The van der Waals surface area contributed by atoms with Crippen LogP contribution in [-0.2, 0) is 0 Å². The summed E-state index contributed by atoms with van der Waals surface area (Å²) in [6.45, 7) is 0. The predicted octanol–water partition coefficient (Wildman–Crippen LogP) is 4.01. The second-order valence-electron chi connectivity index (χ2n) is 3.55. The fraction of sp³-hybridized carbons (Fsp3) is 0. The number of carbonyl (C=O) groups excluding carboxylic acids is 1. The summed E-state index contributed by atoms with van der Waals surface area (Å²) in [6, 6.07) is 5.88. The summed E-state index contributed by atoms with van der Waals surface area (Å²) in [7, 11) is 0. The van der Waals surface area contributed by atoms with Crippen molar-refractivity contribution in [2.45, 2.75) is 0 Å². The van der Waals surface area contributed by atoms with Gasteiger partial charge in [-0.1, -0.05) is 29.3 Å². The number of hydrogen-bond acceptors (Lipinski definition) is 3. The first-order valence-corrected chi connectivity index (χ1v) is 6.70. The molecule has 2 aromatic rings. The van der Waals surface area contributed by atoms with Gasteiger partial charge in [0.1, 0.15) is 0 Å². The number of carbonyl (C=O) groups is 2. The number of rotatable bonds is 3. The Kier molecular flexibility index (Phi) is 4.09. The zero-order chi connectivity index (χ0) is 14.0. The highest BCUT2D eigenvalue weighted by Crippen LogP contribution is 2.32. The van der Waals surface area contributed by atoms with E-state index in [1.165, 1.54) is 23.5 Å². The molecule has 7 heteroatoms. The van der Waals surface area contributed by atoms with Gasteiger partial charge >= 0.3 is 5.97 Å². The Balaban J connectivity index is 2.31. The van der Waals surface area contributed by atoms with Gasteiger partial charge in [0.25, 0.3) is 5.91 Å². The lowest BCUT2D eigenvalue weighted by atomic mass is 10.2. The van der Waals surface area contributed by atoms with Gasteiger partial charge < -0.3 is 10.4 Å². The molecule has 19 heavy (non-hydrogen) atoms. The summed E-state index contributed by atoms with van der Waals surface area (Å²) in [5, 5.41) is 13.3. The molecule has 1 amide bonds. The zero-order valence-corrected chi connectivity index (χ0v) is 11.6. The van der Waals surface area contributed by atoms with Crippen LogP contribution in [0.3, 0.4) is 0 Å². The van der Waals surface area contributed by atoms with Crippen molar-refractivity contribution in [1.82, 2.24) is 0 Å². The van der Waals surface area contributed by atoms with Crippen molar-refractivity contribution < 1.29 is 14.7 Å². The first-order chi connectivity index (χ1) is 8.99. The Morgan fingerprint density at radius 1 is 1.21 bits per heavy atom. The number of hydrogen-bond donors (Lipinski definition) is 2. The van der Waals surface area contributed by atoms with Gasteiger partial charge in [0.05, 0.1) is 26.2 Å². The van der Waals surface area contributed by atoms with E-state index >= 15 is 0 Å². The van der Waals surface area contributed by atoms with Crippen molar-refractivity contribution >= 4 is 52.1 Å². The molecule has 0 fully saturated rings. The Labute approximate surface area is 122 Å². The van der Waals surface area contributed by atoms with E-state index < -0.39 is 5.97 Å². The third-order valence-corrected chi connectivity index (χ3v) is 3.74. The first-order valence-electron chi connectivity index (χ1n) is 5.06. The van der Waals surface area contributed by atoms with E-state index in [4.69, 9.17) is 28.3 Å². The van der Waals surface area contributed by atoms with Gasteiger partial charge in [0.15, 0.2) is 0 Å². The third-order valence-electron chi connectivity index (χ3n) is 2.27. The number of aromatic carboxylic acids is 1. The lowest BCUT2D eigenvalue weighted by Crippen LogP contribution is -2.11. The van der Waals surface area contributed by atoms with Gasteiger partial charge in [-0.2, -0.15) is 0 Å². The molecule has 1 heterocycles. The summed E-state index contributed by atoms with van der Waals surface area (Å²) in [6.07, 6.45) is 0. The smallest absolute Gasteiger partial charge is 0.335 e. The zero-order valence-electron chi connectivity index (χ0n) is 9.31. The molecule has 0 aliphatic rings. The molecule has 0 atom stereocenters. The maximum absolute atomic E-state index is 11.9. The average Bonchev–Trinajstić information content (AvgIpc) is 2.86. The molecular weight excluding hydrogens is 309 g/mol. The predicted molar refractivity (Wildman–Crippen MR) is 75.7 cm³/mol. The second-order valence-corrected chi connectivity index (χ2v) is 5.31. The van der Waals surface area contributed by atoms with Crippen LogP contribution in [0.1, 0.15) is 20.0 Å². The molecule has 4 nitrogen and oxygen atoms in total. The molecule has 98 valence electrons. The lowest BCUT2D eigenvalue weighted by molar-refractivity contribution is 0.0696. The van der Waals surface area contributed by atoms with Crippen LogP contribution in [0.25, 0.3) is 0 Å². The van der Waals surface area contributed by atoms with E-state index in [0.717, 1.165) is 0 Å². The van der Waals surface area contributed by atoms with Crippen molar-refractivity contribution in [3.63, 3.8) is 0 Å². The number of halogens is 2. The summed E-state index contributed by atoms with van der Waals surface area (Å²) in [4.78, 5) is 23.2. The molecule has 0 unspecified atom stereocenters. The van der Waals surface area contributed by atoms with E-state index in [0.29, 0.717) is 4.88 Å². The van der Waals surface area contributed by atoms with Crippen LogP contribution >= 0.6 is 34.5 Å². The van der Waals surface area contributed by atoms with E-state index in [-0.39, 0.29) is 27.2 Å². The highest BCUT2D eigenvalue weighted by atomic mass is 35.5. The van der Waals surface area contributed by atoms with Crippen LogP contribution in [-0.4, -0.2) is 17.0 Å². The number of amides is 1. The van der Waals surface area contributed by atoms with Gasteiger partial charge in [-0.05, 0) is 23.6 Å². The first kappa shape index (κ1) is 13.9. The standard InChI is InChI=1S/C12H7Cl2NO3S/c13-7-4-6(12(17)18)5-8(14)10(7)15-11(16)9-2-1-3-19-9/h1-5H,(H,15,16)(H,17,18). The topological polar surface area (TPSA) is 66.4 Å². The highest BCUT2D eigenvalue weighted by molar-refractivity contribution is 7.12. The summed E-state index contributed by atoms with van der Waals surface area (Å²) >= 11 is 13.1. The van der Waals surface area contributed by atoms with Crippen LogP contribution in [0.4, 0.5) is 5.69 Å². The molecular formula is C12H7Cl2NO3S. The Morgan fingerprint density at radius 3 is 2.32 bits per heavy atom. The van der Waals surface area contributed by atoms with Crippen molar-refractivity contribution in [2.75, 3.05) is 5.32 Å². The van der Waals surface area contributed by atoms with E-state index in [1.807, 2.05) is 0 Å². The maximum Gasteiger partial charge on any atom is 0.335 e. The van der Waals surface area contributed by atoms with E-state index in [9.17, 15) is 9.59 Å². The van der Waals surface area contributed by atoms with Crippen molar-refractivity contribution in [3.05, 3.63) is 50.1 Å². The summed E-state index contributed by atoms with van der Waals surface area (Å²) in [5.74, 6) is -1.48. The third kappa shape index (κ3) is 3.07. The molecule has 1 aromatic carbocycles. The molecule has 2 N–H and O–H groups in total. The van der Waals surface area contributed by atoms with E-state index in [2.05, 4.69) is 5.32 Å². The van der Waals surface area contributed by atoms with Crippen LogP contribution < -0.4 is 5.32 Å². The molecule has 1 aromatic heterocycles. The average molecular weight is 316 g/mol. The molecule has 0 aliphatic carbocycles. The van der Waals surface area contributed by atoms with Gasteiger partial charge in [-0.3, -0.25) is 4.79 Å². The number of carboxylic acids is 1. The quantitative estimate of drug-likeness (QED) is 0.899. The molecule has 0 saturated carbocycles. The second kappa shape index (κ2) is 5.61. The Bertz CT molecular complexity index is 617. The van der Waals surface area contributed by atoms with Crippen LogP contribution in [0, 0.1) is 0 Å². The van der Waals surface area contributed by atoms with Crippen molar-refractivity contribution in [1.29, 1.82) is 0 Å². The van der Waals surface area contributed by atoms with Gasteiger partial charge in [-0.15, -0.1) is 11.3 Å². The van der Waals surface area contributed by atoms with Gasteiger partial charge in [0, 0.05) is 0 Å². The van der Waals surface area contributed by atoms with E-state index in [1.54, 1.807) is 17.5 Å². The summed E-state index contributed by atoms with van der Waals surface area (Å²) in [5.41, 5.74) is 0.163. The number of thiophene rings is 1. The van der Waals surface area contributed by atoms with Gasteiger partial charge in [0.2, 0.25) is 0 Å². The molecule has 2 rings (SSSR count). The number of carboxylic acid groups (broad SMARTS) is 1. The van der Waals surface area contributed by atoms with Crippen molar-refractivity contribution in [2.24, 2.45) is 0 Å². The normalized spacial score (nSPS) is 10.2. The SMILES string of the molecule is O=C(O)c1cc(Cl)c(NC(=O)c2cccs2)c(Cl)c1. The lowest BCUT2D eigenvalue weighted by Gasteiger charge is -2.09. The minimum absolute atomic E-state index is 0.0378. The number of anilines is 1. The molecule has 0 aliphatic heterocycles. The maximum atomic E-state index is 11.9. The highest BCUT2D eigenvalue weighted by Gasteiger charge is 2.15. The minimum atomic E-state index is -1.14. The minimum Gasteiger partial charge on any atom is -0.478 e. The van der Waals surface area contributed by atoms with Crippen molar-refractivity contribution in [3.8, 4) is 0 Å². The van der Waals surface area contributed by atoms with Gasteiger partial charge in [-0.25, -0.2) is 4.79 Å². The molecule has 0 radical (unpaired) electrons. The van der Waals surface area contributed by atoms with Crippen LogP contribution in [0.15, 0.2) is 29.6 Å². The molecule has 0 saturated heterocycles. The number of benzene rings is 1. The fourth-order valence-corrected chi connectivity index (χ4v) is 2.60. The summed E-state index contributed by atoms with van der Waals surface area (Å²) < 4.78 is 0.